The Bertz CT molecular complexity index is 981. The Morgan fingerprint density at radius 1 is 1.10 bits per heavy atom. The standard InChI is InChI=1S/C22H28N2O5S/c1-16-4-9-21(17(2)14-16)29-15-22(25)23-18-10-12-24(13-11-18)30(26,27)20-7-5-19(28-3)6-8-20/h4-9,14,18H,10-13,15H2,1-3H3,(H,23,25). The molecule has 0 atom stereocenters. The summed E-state index contributed by atoms with van der Waals surface area (Å²) in [5, 5.41) is 2.94. The largest absolute Gasteiger partial charge is 0.497 e. The molecule has 30 heavy (non-hydrogen) atoms. The van der Waals surface area contributed by atoms with Crippen LogP contribution in [0.15, 0.2) is 47.4 Å². The van der Waals surface area contributed by atoms with Gasteiger partial charge in [0.15, 0.2) is 6.61 Å². The van der Waals surface area contributed by atoms with Crippen LogP contribution in [0, 0.1) is 13.8 Å². The number of rotatable bonds is 7. The van der Waals surface area contributed by atoms with Gasteiger partial charge >= 0.3 is 0 Å². The number of aryl methyl sites for hydroxylation is 2. The average molecular weight is 433 g/mol. The summed E-state index contributed by atoms with van der Waals surface area (Å²) in [5.41, 5.74) is 2.13. The van der Waals surface area contributed by atoms with Crippen LogP contribution in [0.5, 0.6) is 11.5 Å². The third-order valence-corrected chi connectivity index (χ3v) is 7.12. The summed E-state index contributed by atoms with van der Waals surface area (Å²) in [6, 6.07) is 12.1. The van der Waals surface area contributed by atoms with Crippen LogP contribution in [0.4, 0.5) is 0 Å². The van der Waals surface area contributed by atoms with Gasteiger partial charge in [0.1, 0.15) is 11.5 Å². The topological polar surface area (TPSA) is 84.9 Å². The van der Waals surface area contributed by atoms with E-state index < -0.39 is 10.0 Å². The van der Waals surface area contributed by atoms with E-state index in [-0.39, 0.29) is 23.5 Å². The van der Waals surface area contributed by atoms with Gasteiger partial charge in [-0.1, -0.05) is 17.7 Å². The van der Waals surface area contributed by atoms with Crippen molar-refractivity contribution in [2.24, 2.45) is 0 Å². The van der Waals surface area contributed by atoms with E-state index in [1.807, 2.05) is 32.0 Å². The van der Waals surface area contributed by atoms with Gasteiger partial charge in [-0.2, -0.15) is 4.31 Å². The van der Waals surface area contributed by atoms with Crippen molar-refractivity contribution in [2.75, 3.05) is 26.8 Å². The van der Waals surface area contributed by atoms with Crippen LogP contribution in [0.2, 0.25) is 0 Å². The van der Waals surface area contributed by atoms with E-state index in [0.29, 0.717) is 37.4 Å². The number of piperidine rings is 1. The second-order valence-electron chi connectivity index (χ2n) is 7.48. The lowest BCUT2D eigenvalue weighted by molar-refractivity contribution is -0.124. The summed E-state index contributed by atoms with van der Waals surface area (Å²) in [6.45, 7) is 4.60. The minimum absolute atomic E-state index is 0.0612. The van der Waals surface area contributed by atoms with Crippen molar-refractivity contribution in [3.05, 3.63) is 53.6 Å². The van der Waals surface area contributed by atoms with E-state index in [4.69, 9.17) is 9.47 Å². The fraction of sp³-hybridized carbons (Fsp3) is 0.409. The SMILES string of the molecule is COc1ccc(S(=O)(=O)N2CCC(NC(=O)COc3ccc(C)cc3C)CC2)cc1. The molecule has 1 aliphatic heterocycles. The third-order valence-electron chi connectivity index (χ3n) is 5.21. The van der Waals surface area contributed by atoms with Crippen LogP contribution < -0.4 is 14.8 Å². The van der Waals surface area contributed by atoms with Crippen LogP contribution in [0.1, 0.15) is 24.0 Å². The van der Waals surface area contributed by atoms with Gasteiger partial charge in [-0.15, -0.1) is 0 Å². The first-order valence-corrected chi connectivity index (χ1v) is 11.4. The van der Waals surface area contributed by atoms with Crippen LogP contribution in [0.3, 0.4) is 0 Å². The number of ether oxygens (including phenoxy) is 2. The highest BCUT2D eigenvalue weighted by molar-refractivity contribution is 7.89. The Balaban J connectivity index is 1.49. The second kappa shape index (κ2) is 9.49. The second-order valence-corrected chi connectivity index (χ2v) is 9.42. The first kappa shape index (κ1) is 22.1. The summed E-state index contributed by atoms with van der Waals surface area (Å²) in [5.74, 6) is 1.10. The molecule has 2 aromatic carbocycles. The van der Waals surface area contributed by atoms with Gasteiger partial charge in [-0.25, -0.2) is 8.42 Å². The van der Waals surface area contributed by atoms with Gasteiger partial charge in [0.25, 0.3) is 5.91 Å². The minimum Gasteiger partial charge on any atom is -0.497 e. The molecule has 1 fully saturated rings. The lowest BCUT2D eigenvalue weighted by Gasteiger charge is -2.31. The van der Waals surface area contributed by atoms with Gasteiger partial charge in [-0.05, 0) is 62.6 Å². The summed E-state index contributed by atoms with van der Waals surface area (Å²) in [6.07, 6.45) is 1.12. The zero-order chi connectivity index (χ0) is 21.7. The number of sulfonamides is 1. The van der Waals surface area contributed by atoms with Crippen LogP contribution in [-0.2, 0) is 14.8 Å². The fourth-order valence-corrected chi connectivity index (χ4v) is 4.98. The molecule has 7 nitrogen and oxygen atoms in total. The molecule has 0 aliphatic carbocycles. The molecule has 0 bridgehead atoms. The van der Waals surface area contributed by atoms with E-state index in [2.05, 4.69) is 5.32 Å². The highest BCUT2D eigenvalue weighted by Gasteiger charge is 2.30. The number of hydrogen-bond donors (Lipinski definition) is 1. The number of hydrogen-bond acceptors (Lipinski definition) is 5. The van der Waals surface area contributed by atoms with Gasteiger partial charge in [0, 0.05) is 19.1 Å². The van der Waals surface area contributed by atoms with Gasteiger partial charge in [0.2, 0.25) is 10.0 Å². The smallest absolute Gasteiger partial charge is 0.258 e. The molecule has 1 amide bonds. The lowest BCUT2D eigenvalue weighted by Crippen LogP contribution is -2.47. The molecule has 0 spiro atoms. The molecular formula is C22H28N2O5S. The van der Waals surface area contributed by atoms with Crippen molar-refractivity contribution in [3.8, 4) is 11.5 Å². The van der Waals surface area contributed by atoms with Crippen LogP contribution >= 0.6 is 0 Å². The molecule has 1 N–H and O–H groups in total. The number of amides is 1. The van der Waals surface area contributed by atoms with Gasteiger partial charge in [0.05, 0.1) is 12.0 Å². The predicted octanol–water partition coefficient (Wildman–Crippen LogP) is 2.66. The van der Waals surface area contributed by atoms with E-state index in [0.717, 1.165) is 11.1 Å². The zero-order valence-electron chi connectivity index (χ0n) is 17.6. The number of methoxy groups -OCH3 is 1. The maximum absolute atomic E-state index is 12.8. The van der Waals surface area contributed by atoms with Crippen molar-refractivity contribution in [1.82, 2.24) is 9.62 Å². The van der Waals surface area contributed by atoms with Crippen molar-refractivity contribution in [2.45, 2.75) is 37.6 Å². The summed E-state index contributed by atoms with van der Waals surface area (Å²) < 4.78 is 37.8. The zero-order valence-corrected chi connectivity index (χ0v) is 18.4. The maximum Gasteiger partial charge on any atom is 0.258 e. The quantitative estimate of drug-likeness (QED) is 0.727. The highest BCUT2D eigenvalue weighted by Crippen LogP contribution is 2.23. The molecule has 1 aliphatic rings. The highest BCUT2D eigenvalue weighted by atomic mass is 32.2. The summed E-state index contributed by atoms with van der Waals surface area (Å²) in [7, 11) is -2.02. The molecule has 2 aromatic rings. The Hall–Kier alpha value is -2.58. The Kier molecular flexibility index (Phi) is 6.99. The Morgan fingerprint density at radius 2 is 1.77 bits per heavy atom. The molecule has 1 saturated heterocycles. The van der Waals surface area contributed by atoms with Crippen LogP contribution in [0.25, 0.3) is 0 Å². The number of nitrogens with one attached hydrogen (secondary N) is 1. The van der Waals surface area contributed by atoms with Crippen molar-refractivity contribution >= 4 is 15.9 Å². The lowest BCUT2D eigenvalue weighted by atomic mass is 10.1. The monoisotopic (exact) mass is 432 g/mol. The Labute approximate surface area is 178 Å². The molecule has 162 valence electrons. The van der Waals surface area contributed by atoms with Gasteiger partial charge in [-0.3, -0.25) is 4.79 Å². The average Bonchev–Trinajstić information content (AvgIpc) is 2.73. The molecule has 0 unspecified atom stereocenters. The van der Waals surface area contributed by atoms with E-state index >= 15 is 0 Å². The normalized spacial score (nSPS) is 15.6. The van der Waals surface area contributed by atoms with E-state index in [1.54, 1.807) is 24.3 Å². The number of carbonyl (C=O) groups is 1. The van der Waals surface area contributed by atoms with Crippen molar-refractivity contribution < 1.29 is 22.7 Å². The molecule has 1 heterocycles. The first-order valence-electron chi connectivity index (χ1n) is 9.93. The molecule has 3 rings (SSSR count). The van der Waals surface area contributed by atoms with Crippen molar-refractivity contribution in [1.29, 1.82) is 0 Å². The van der Waals surface area contributed by atoms with Gasteiger partial charge < -0.3 is 14.8 Å². The fourth-order valence-electron chi connectivity index (χ4n) is 3.51. The molecule has 8 heteroatoms. The number of nitrogens with zero attached hydrogens (tertiary/aromatic N) is 1. The predicted molar refractivity (Wildman–Crippen MR) is 114 cm³/mol. The molecule has 0 saturated carbocycles. The van der Waals surface area contributed by atoms with E-state index in [9.17, 15) is 13.2 Å². The van der Waals surface area contributed by atoms with E-state index in [1.165, 1.54) is 11.4 Å². The minimum atomic E-state index is -3.55. The van der Waals surface area contributed by atoms with Crippen LogP contribution in [-0.4, -0.2) is 51.5 Å². The molecular weight excluding hydrogens is 404 g/mol. The summed E-state index contributed by atoms with van der Waals surface area (Å²) in [4.78, 5) is 12.5. The van der Waals surface area contributed by atoms with Crippen molar-refractivity contribution in [3.63, 3.8) is 0 Å². The number of carbonyl (C=O) groups excluding carboxylic acids is 1. The molecule has 0 aromatic heterocycles. The molecule has 0 radical (unpaired) electrons. The third kappa shape index (κ3) is 5.31. The Morgan fingerprint density at radius 3 is 2.37 bits per heavy atom. The first-order chi connectivity index (χ1) is 14.3. The number of benzene rings is 2. The summed E-state index contributed by atoms with van der Waals surface area (Å²) >= 11 is 0. The maximum atomic E-state index is 12.8.